The summed E-state index contributed by atoms with van der Waals surface area (Å²) in [5.74, 6) is -0.496. The fraction of sp³-hybridized carbons (Fsp3) is 0.500. The minimum Gasteiger partial charge on any atom is -0.481 e. The molecule has 21 heavy (non-hydrogen) atoms. The van der Waals surface area contributed by atoms with E-state index in [1.54, 1.807) is 4.90 Å². The van der Waals surface area contributed by atoms with E-state index in [1.165, 1.54) is 0 Å². The van der Waals surface area contributed by atoms with Crippen LogP contribution in [0.3, 0.4) is 0 Å². The van der Waals surface area contributed by atoms with E-state index in [0.717, 1.165) is 12.0 Å². The van der Waals surface area contributed by atoms with Gasteiger partial charge in [0, 0.05) is 13.1 Å². The number of hydrogen-bond donors (Lipinski definition) is 1. The van der Waals surface area contributed by atoms with Gasteiger partial charge in [-0.15, -0.1) is 0 Å². The van der Waals surface area contributed by atoms with Gasteiger partial charge in [-0.2, -0.15) is 0 Å². The zero-order valence-electron chi connectivity index (χ0n) is 11.8. The van der Waals surface area contributed by atoms with Gasteiger partial charge >= 0.3 is 12.1 Å². The van der Waals surface area contributed by atoms with E-state index < -0.39 is 17.5 Å². The van der Waals surface area contributed by atoms with Gasteiger partial charge in [-0.25, -0.2) is 4.79 Å². The summed E-state index contributed by atoms with van der Waals surface area (Å²) < 4.78 is 5.31. The maximum atomic E-state index is 12.2. The Kier molecular flexibility index (Phi) is 3.57. The molecule has 1 aromatic carbocycles. The van der Waals surface area contributed by atoms with Crippen molar-refractivity contribution < 1.29 is 19.4 Å². The molecule has 1 aromatic rings. The van der Waals surface area contributed by atoms with Crippen LogP contribution in [0.25, 0.3) is 0 Å². The molecule has 1 aliphatic carbocycles. The van der Waals surface area contributed by atoms with Crippen molar-refractivity contribution in [1.82, 2.24) is 4.90 Å². The Morgan fingerprint density at radius 3 is 2.81 bits per heavy atom. The summed E-state index contributed by atoms with van der Waals surface area (Å²) in [5, 5.41) is 9.44. The Balaban J connectivity index is 1.62. The van der Waals surface area contributed by atoms with E-state index in [4.69, 9.17) is 4.74 Å². The smallest absolute Gasteiger partial charge is 0.410 e. The lowest BCUT2D eigenvalue weighted by atomic mass is 9.82. The Labute approximate surface area is 123 Å². The van der Waals surface area contributed by atoms with Crippen molar-refractivity contribution in [2.24, 2.45) is 11.3 Å². The van der Waals surface area contributed by atoms with Gasteiger partial charge in [0.1, 0.15) is 6.61 Å². The van der Waals surface area contributed by atoms with Crippen LogP contribution in [0.1, 0.15) is 24.8 Å². The number of rotatable bonds is 3. The molecule has 1 amide bonds. The van der Waals surface area contributed by atoms with Crippen LogP contribution in [-0.2, 0) is 16.1 Å². The highest BCUT2D eigenvalue weighted by molar-refractivity contribution is 5.77. The molecule has 2 bridgehead atoms. The topological polar surface area (TPSA) is 66.8 Å². The summed E-state index contributed by atoms with van der Waals surface area (Å²) in [4.78, 5) is 25.2. The fourth-order valence-corrected chi connectivity index (χ4v) is 3.49. The number of carbonyl (C=O) groups excluding carboxylic acids is 1. The van der Waals surface area contributed by atoms with E-state index >= 15 is 0 Å². The molecule has 0 radical (unpaired) electrons. The molecule has 1 heterocycles. The van der Waals surface area contributed by atoms with E-state index in [1.807, 2.05) is 30.3 Å². The van der Waals surface area contributed by atoms with Crippen LogP contribution in [0.15, 0.2) is 30.3 Å². The van der Waals surface area contributed by atoms with Crippen molar-refractivity contribution >= 4 is 12.1 Å². The number of aliphatic carboxylic acids is 1. The highest BCUT2D eigenvalue weighted by Gasteiger charge is 2.51. The second-order valence-electron chi connectivity index (χ2n) is 6.12. The summed E-state index contributed by atoms with van der Waals surface area (Å²) in [6, 6.07) is 9.48. The van der Waals surface area contributed by atoms with Crippen LogP contribution in [0.2, 0.25) is 0 Å². The molecule has 0 spiro atoms. The van der Waals surface area contributed by atoms with Gasteiger partial charge in [0.15, 0.2) is 0 Å². The summed E-state index contributed by atoms with van der Waals surface area (Å²) in [7, 11) is 0. The molecule has 112 valence electrons. The molecule has 1 saturated heterocycles. The molecule has 3 rings (SSSR count). The number of carbonyl (C=O) groups is 2. The number of benzene rings is 1. The quantitative estimate of drug-likeness (QED) is 0.928. The first-order valence-electron chi connectivity index (χ1n) is 7.28. The molecule has 2 aliphatic rings. The molecule has 5 nitrogen and oxygen atoms in total. The van der Waals surface area contributed by atoms with Crippen molar-refractivity contribution in [2.45, 2.75) is 25.9 Å². The van der Waals surface area contributed by atoms with Crippen LogP contribution in [0.5, 0.6) is 0 Å². The van der Waals surface area contributed by atoms with Gasteiger partial charge in [-0.1, -0.05) is 30.3 Å². The van der Waals surface area contributed by atoms with Crippen LogP contribution in [0, 0.1) is 11.3 Å². The maximum Gasteiger partial charge on any atom is 0.410 e. The molecule has 5 heteroatoms. The van der Waals surface area contributed by atoms with Crippen molar-refractivity contribution in [3.63, 3.8) is 0 Å². The molecular formula is C16H19NO4. The normalized spacial score (nSPS) is 27.4. The van der Waals surface area contributed by atoms with Crippen molar-refractivity contribution in [3.05, 3.63) is 35.9 Å². The van der Waals surface area contributed by atoms with Gasteiger partial charge in [0.05, 0.1) is 5.41 Å². The average molecular weight is 289 g/mol. The van der Waals surface area contributed by atoms with E-state index in [2.05, 4.69) is 0 Å². The lowest BCUT2D eigenvalue weighted by molar-refractivity contribution is -0.150. The van der Waals surface area contributed by atoms with Gasteiger partial charge in [0.2, 0.25) is 0 Å². The third kappa shape index (κ3) is 2.73. The SMILES string of the molecule is O=C(OCc1ccccc1)N1CC2CCC(C(=O)O)(C2)C1. The lowest BCUT2D eigenvalue weighted by Gasteiger charge is -2.36. The minimum atomic E-state index is -0.787. The number of ether oxygens (including phenoxy) is 1. The van der Waals surface area contributed by atoms with Crippen molar-refractivity contribution in [1.29, 1.82) is 0 Å². The molecule has 1 saturated carbocycles. The molecular weight excluding hydrogens is 270 g/mol. The number of likely N-dealkylation sites (tertiary alicyclic amines) is 1. The summed E-state index contributed by atoms with van der Waals surface area (Å²) in [6.07, 6.45) is 1.82. The Hall–Kier alpha value is -2.04. The number of nitrogens with zero attached hydrogens (tertiary/aromatic N) is 1. The van der Waals surface area contributed by atoms with Crippen LogP contribution in [0.4, 0.5) is 4.79 Å². The van der Waals surface area contributed by atoms with Crippen molar-refractivity contribution in [2.75, 3.05) is 13.1 Å². The molecule has 2 fully saturated rings. The number of hydrogen-bond acceptors (Lipinski definition) is 3. The number of fused-ring (bicyclic) bond motifs is 2. The standard InChI is InChI=1S/C16H19NO4/c18-14(19)16-7-6-13(8-16)9-17(11-16)15(20)21-10-12-4-2-1-3-5-12/h1-5,13H,6-11H2,(H,18,19). The first-order valence-corrected chi connectivity index (χ1v) is 7.28. The Morgan fingerprint density at radius 1 is 1.33 bits per heavy atom. The number of piperidine rings is 1. The van der Waals surface area contributed by atoms with Crippen LogP contribution in [-0.4, -0.2) is 35.2 Å². The number of carboxylic acid groups (broad SMARTS) is 1. The van der Waals surface area contributed by atoms with Crippen LogP contribution < -0.4 is 0 Å². The second-order valence-corrected chi connectivity index (χ2v) is 6.12. The van der Waals surface area contributed by atoms with Gasteiger partial charge in [-0.05, 0) is 30.7 Å². The predicted octanol–water partition coefficient (Wildman–Crippen LogP) is 2.51. The Bertz CT molecular complexity index is 544. The van der Waals surface area contributed by atoms with E-state index in [0.29, 0.717) is 25.3 Å². The largest absolute Gasteiger partial charge is 0.481 e. The van der Waals surface area contributed by atoms with Gasteiger partial charge in [-0.3, -0.25) is 4.79 Å². The second kappa shape index (κ2) is 5.39. The monoisotopic (exact) mass is 289 g/mol. The fourth-order valence-electron chi connectivity index (χ4n) is 3.49. The molecule has 2 atom stereocenters. The third-order valence-electron chi connectivity index (χ3n) is 4.60. The number of amides is 1. The first-order chi connectivity index (χ1) is 10.1. The van der Waals surface area contributed by atoms with Crippen LogP contribution >= 0.6 is 0 Å². The highest BCUT2D eigenvalue weighted by Crippen LogP contribution is 2.46. The molecule has 0 aromatic heterocycles. The average Bonchev–Trinajstić information content (AvgIpc) is 2.82. The predicted molar refractivity (Wildman–Crippen MR) is 75.6 cm³/mol. The summed E-state index contributed by atoms with van der Waals surface area (Å²) in [6.45, 7) is 1.11. The van der Waals surface area contributed by atoms with Gasteiger partial charge < -0.3 is 14.7 Å². The van der Waals surface area contributed by atoms with Crippen molar-refractivity contribution in [3.8, 4) is 0 Å². The lowest BCUT2D eigenvalue weighted by Crippen LogP contribution is -2.49. The Morgan fingerprint density at radius 2 is 2.10 bits per heavy atom. The van der Waals surface area contributed by atoms with E-state index in [9.17, 15) is 14.7 Å². The third-order valence-corrected chi connectivity index (χ3v) is 4.60. The highest BCUT2D eigenvalue weighted by atomic mass is 16.6. The first kappa shape index (κ1) is 13.9. The summed E-state index contributed by atoms with van der Waals surface area (Å²) in [5.41, 5.74) is 0.174. The van der Waals surface area contributed by atoms with Gasteiger partial charge in [0.25, 0.3) is 0 Å². The minimum absolute atomic E-state index is 0.223. The molecule has 1 N–H and O–H groups in total. The molecule has 2 unspecified atom stereocenters. The zero-order chi connectivity index (χ0) is 14.9. The van der Waals surface area contributed by atoms with E-state index in [-0.39, 0.29) is 13.2 Å². The maximum absolute atomic E-state index is 12.2. The zero-order valence-corrected chi connectivity index (χ0v) is 11.8. The summed E-state index contributed by atoms with van der Waals surface area (Å²) >= 11 is 0. The molecule has 1 aliphatic heterocycles. The number of carboxylic acids is 1.